The molecule has 3 aromatic rings. The molecule has 0 amide bonds. The van der Waals surface area contributed by atoms with Gasteiger partial charge in [-0.3, -0.25) is 4.72 Å². The minimum atomic E-state index is -3.82. The van der Waals surface area contributed by atoms with Crippen molar-refractivity contribution in [3.8, 4) is 11.1 Å². The smallest absolute Gasteiger partial charge is 0.264 e. The topological polar surface area (TPSA) is 59.1 Å². The van der Waals surface area contributed by atoms with Crippen LogP contribution in [0.5, 0.6) is 0 Å². The highest BCUT2D eigenvalue weighted by Gasteiger charge is 2.19. The molecule has 0 aliphatic heterocycles. The molecule has 0 aliphatic carbocycles. The van der Waals surface area contributed by atoms with Gasteiger partial charge in [0.15, 0.2) is 0 Å². The van der Waals surface area contributed by atoms with Crippen LogP contribution in [0.25, 0.3) is 11.1 Å². The number of aromatic nitrogens is 1. The van der Waals surface area contributed by atoms with Crippen molar-refractivity contribution in [3.63, 3.8) is 0 Å². The molecule has 0 saturated heterocycles. The minimum Gasteiger partial charge on any atom is -0.279 e. The van der Waals surface area contributed by atoms with Gasteiger partial charge in [0.25, 0.3) is 10.0 Å². The van der Waals surface area contributed by atoms with Crippen LogP contribution in [0, 0.1) is 0 Å². The first-order valence-corrected chi connectivity index (χ1v) is 8.72. The van der Waals surface area contributed by atoms with Crippen LogP contribution in [0.15, 0.2) is 77.8 Å². The molecular weight excluding hydrogens is 332 g/mol. The third-order valence-corrected chi connectivity index (χ3v) is 5.08. The van der Waals surface area contributed by atoms with Gasteiger partial charge in [-0.1, -0.05) is 60.1 Å². The molecule has 1 N–H and O–H groups in total. The number of nitrogens with one attached hydrogen (secondary N) is 1. The molecule has 0 bridgehead atoms. The highest BCUT2D eigenvalue weighted by Crippen LogP contribution is 2.30. The molecule has 23 heavy (non-hydrogen) atoms. The van der Waals surface area contributed by atoms with Crippen LogP contribution in [0.1, 0.15) is 0 Å². The van der Waals surface area contributed by atoms with Crippen molar-refractivity contribution in [1.82, 2.24) is 4.98 Å². The standard InChI is InChI=1S/C17H13ClN2O2S/c18-17-16(11-6-12-19-17)23(21,22)20-15-10-5-4-9-14(15)13-7-2-1-3-8-13/h1-12,20H. The molecule has 1 aromatic heterocycles. The van der Waals surface area contributed by atoms with Crippen LogP contribution in [0.3, 0.4) is 0 Å². The number of para-hydroxylation sites is 1. The largest absolute Gasteiger partial charge is 0.279 e. The molecule has 0 unspecified atom stereocenters. The molecule has 0 saturated carbocycles. The van der Waals surface area contributed by atoms with Crippen molar-refractivity contribution in [2.24, 2.45) is 0 Å². The van der Waals surface area contributed by atoms with Gasteiger partial charge in [-0.25, -0.2) is 13.4 Å². The van der Waals surface area contributed by atoms with Crippen molar-refractivity contribution in [2.75, 3.05) is 4.72 Å². The molecule has 1 heterocycles. The number of hydrogen-bond donors (Lipinski definition) is 1. The zero-order valence-corrected chi connectivity index (χ0v) is 13.6. The van der Waals surface area contributed by atoms with Crippen LogP contribution < -0.4 is 4.72 Å². The Morgan fingerprint density at radius 1 is 0.870 bits per heavy atom. The molecule has 2 aromatic carbocycles. The summed E-state index contributed by atoms with van der Waals surface area (Å²) in [6, 6.07) is 19.7. The predicted molar refractivity (Wildman–Crippen MR) is 91.9 cm³/mol. The Labute approximate surface area is 139 Å². The first-order chi connectivity index (χ1) is 11.1. The van der Waals surface area contributed by atoms with E-state index in [1.165, 1.54) is 18.3 Å². The fraction of sp³-hybridized carbons (Fsp3) is 0. The van der Waals surface area contributed by atoms with Crippen LogP contribution in [-0.2, 0) is 10.0 Å². The Morgan fingerprint density at radius 2 is 1.57 bits per heavy atom. The summed E-state index contributed by atoms with van der Waals surface area (Å²) < 4.78 is 27.7. The molecular formula is C17H13ClN2O2S. The Hall–Kier alpha value is -2.37. The van der Waals surface area contributed by atoms with Crippen LogP contribution in [-0.4, -0.2) is 13.4 Å². The summed E-state index contributed by atoms with van der Waals surface area (Å²) >= 11 is 5.90. The van der Waals surface area contributed by atoms with Crippen molar-refractivity contribution in [3.05, 3.63) is 78.1 Å². The summed E-state index contributed by atoms with van der Waals surface area (Å²) in [5.41, 5.74) is 2.19. The predicted octanol–water partition coefficient (Wildman–Crippen LogP) is 4.20. The van der Waals surface area contributed by atoms with E-state index in [0.29, 0.717) is 5.69 Å². The van der Waals surface area contributed by atoms with E-state index >= 15 is 0 Å². The van der Waals surface area contributed by atoms with Gasteiger partial charge >= 0.3 is 0 Å². The van der Waals surface area contributed by atoms with Crippen LogP contribution in [0.4, 0.5) is 5.69 Å². The average molecular weight is 345 g/mol. The molecule has 0 atom stereocenters. The Bertz CT molecular complexity index is 928. The van der Waals surface area contributed by atoms with Gasteiger partial charge in [0, 0.05) is 11.8 Å². The normalized spacial score (nSPS) is 11.2. The van der Waals surface area contributed by atoms with Gasteiger partial charge in [0.1, 0.15) is 10.0 Å². The van der Waals surface area contributed by atoms with Crippen LogP contribution >= 0.6 is 11.6 Å². The van der Waals surface area contributed by atoms with E-state index in [2.05, 4.69) is 9.71 Å². The lowest BCUT2D eigenvalue weighted by atomic mass is 10.0. The Kier molecular flexibility index (Phi) is 4.32. The summed E-state index contributed by atoms with van der Waals surface area (Å²) in [5, 5.41) is -0.0582. The number of rotatable bonds is 4. The van der Waals surface area contributed by atoms with Crippen molar-refractivity contribution < 1.29 is 8.42 Å². The number of benzene rings is 2. The number of sulfonamides is 1. The second-order valence-electron chi connectivity index (χ2n) is 4.81. The third-order valence-electron chi connectivity index (χ3n) is 3.27. The van der Waals surface area contributed by atoms with Gasteiger partial charge in [0.2, 0.25) is 0 Å². The SMILES string of the molecule is O=S(=O)(Nc1ccccc1-c1ccccc1)c1cccnc1Cl. The third kappa shape index (κ3) is 3.36. The molecule has 0 fully saturated rings. The number of nitrogens with zero attached hydrogens (tertiary/aromatic N) is 1. The molecule has 6 heteroatoms. The van der Waals surface area contributed by atoms with Gasteiger partial charge in [0.05, 0.1) is 5.69 Å². The van der Waals surface area contributed by atoms with Crippen molar-refractivity contribution in [2.45, 2.75) is 4.90 Å². The van der Waals surface area contributed by atoms with Gasteiger partial charge in [-0.15, -0.1) is 0 Å². The molecule has 0 spiro atoms. The maximum absolute atomic E-state index is 12.6. The van der Waals surface area contributed by atoms with E-state index in [9.17, 15) is 8.42 Å². The molecule has 0 aliphatic rings. The van der Waals surface area contributed by atoms with E-state index in [0.717, 1.165) is 11.1 Å². The zero-order valence-electron chi connectivity index (χ0n) is 12.0. The molecule has 116 valence electrons. The second kappa shape index (κ2) is 6.40. The first-order valence-electron chi connectivity index (χ1n) is 6.86. The fourth-order valence-corrected chi connectivity index (χ4v) is 3.75. The van der Waals surface area contributed by atoms with Gasteiger partial charge in [-0.05, 0) is 23.8 Å². The number of anilines is 1. The highest BCUT2D eigenvalue weighted by atomic mass is 35.5. The number of pyridine rings is 1. The quantitative estimate of drug-likeness (QED) is 0.721. The first kappa shape index (κ1) is 15.5. The Balaban J connectivity index is 2.03. The van der Waals surface area contributed by atoms with Crippen molar-refractivity contribution >= 4 is 27.3 Å². The zero-order chi connectivity index (χ0) is 16.3. The van der Waals surface area contributed by atoms with Crippen molar-refractivity contribution in [1.29, 1.82) is 0 Å². The summed E-state index contributed by atoms with van der Waals surface area (Å²) in [6.07, 6.45) is 1.44. The van der Waals surface area contributed by atoms with Gasteiger partial charge < -0.3 is 0 Å². The summed E-state index contributed by atoms with van der Waals surface area (Å²) in [5.74, 6) is 0. The summed E-state index contributed by atoms with van der Waals surface area (Å²) in [6.45, 7) is 0. The van der Waals surface area contributed by atoms with E-state index in [1.54, 1.807) is 12.1 Å². The lowest BCUT2D eigenvalue weighted by molar-refractivity contribution is 0.601. The summed E-state index contributed by atoms with van der Waals surface area (Å²) in [4.78, 5) is 3.76. The second-order valence-corrected chi connectivity index (χ2v) is 6.82. The summed E-state index contributed by atoms with van der Waals surface area (Å²) in [7, 11) is -3.82. The van der Waals surface area contributed by atoms with E-state index in [-0.39, 0.29) is 10.0 Å². The maximum atomic E-state index is 12.6. The maximum Gasteiger partial charge on any atom is 0.264 e. The van der Waals surface area contributed by atoms with E-state index in [4.69, 9.17) is 11.6 Å². The van der Waals surface area contributed by atoms with E-state index in [1.807, 2.05) is 42.5 Å². The number of halogens is 1. The number of hydrogen-bond acceptors (Lipinski definition) is 3. The highest BCUT2D eigenvalue weighted by molar-refractivity contribution is 7.92. The fourth-order valence-electron chi connectivity index (χ4n) is 2.21. The molecule has 3 rings (SSSR count). The molecule has 4 nitrogen and oxygen atoms in total. The Morgan fingerprint density at radius 3 is 2.30 bits per heavy atom. The lowest BCUT2D eigenvalue weighted by Crippen LogP contribution is -2.14. The average Bonchev–Trinajstić information content (AvgIpc) is 2.56. The van der Waals surface area contributed by atoms with Gasteiger partial charge in [-0.2, -0.15) is 0 Å². The van der Waals surface area contributed by atoms with E-state index < -0.39 is 10.0 Å². The monoisotopic (exact) mass is 344 g/mol. The van der Waals surface area contributed by atoms with Crippen LogP contribution in [0.2, 0.25) is 5.15 Å². The molecule has 0 radical (unpaired) electrons. The minimum absolute atomic E-state index is 0.0514. The lowest BCUT2D eigenvalue weighted by Gasteiger charge is -2.13.